The molecule has 0 N–H and O–H groups in total. The molecule has 0 unspecified atom stereocenters. The minimum atomic E-state index is -0.848. The molecule has 0 saturated carbocycles. The molecule has 0 bridgehead atoms. The van der Waals surface area contributed by atoms with E-state index in [0.29, 0.717) is 5.75 Å². The van der Waals surface area contributed by atoms with Crippen molar-refractivity contribution >= 4 is 22.1 Å². The molecule has 2 heterocycles. The molecule has 2 rings (SSSR count). The monoisotopic (exact) mass is 273 g/mol. The summed E-state index contributed by atoms with van der Waals surface area (Å²) in [6.45, 7) is 4.91. The first-order valence-corrected chi connectivity index (χ1v) is 8.39. The Kier molecular flexibility index (Phi) is 4.70. The number of thiazole rings is 1. The Hall–Kier alpha value is -0.260. The fourth-order valence-corrected chi connectivity index (χ4v) is 4.58. The molecule has 1 aliphatic heterocycles. The molecule has 3 atom stereocenters. The Morgan fingerprint density at radius 1 is 1.65 bits per heavy atom. The van der Waals surface area contributed by atoms with Gasteiger partial charge in [-0.15, -0.1) is 11.3 Å². The SMILES string of the molecule is CCCc1nc(C[S@](=O)[C@H]2CCO[C@@H]2C)cs1. The fraction of sp³-hybridized carbons (Fsp3) is 0.750. The van der Waals surface area contributed by atoms with Crippen molar-refractivity contribution in [2.75, 3.05) is 6.61 Å². The molecule has 1 aromatic rings. The van der Waals surface area contributed by atoms with E-state index in [1.165, 1.54) is 0 Å². The van der Waals surface area contributed by atoms with Crippen molar-refractivity contribution in [1.29, 1.82) is 0 Å². The number of hydrogen-bond acceptors (Lipinski definition) is 4. The molecule has 3 nitrogen and oxygen atoms in total. The van der Waals surface area contributed by atoms with Crippen LogP contribution >= 0.6 is 11.3 Å². The third-order valence-corrected chi connectivity index (χ3v) is 5.83. The van der Waals surface area contributed by atoms with Gasteiger partial charge >= 0.3 is 0 Å². The summed E-state index contributed by atoms with van der Waals surface area (Å²) in [5.74, 6) is 0.582. The highest BCUT2D eigenvalue weighted by Gasteiger charge is 2.29. The number of nitrogens with zero attached hydrogens (tertiary/aromatic N) is 1. The van der Waals surface area contributed by atoms with Crippen LogP contribution in [0.5, 0.6) is 0 Å². The van der Waals surface area contributed by atoms with E-state index in [4.69, 9.17) is 4.74 Å². The molecule has 1 aromatic heterocycles. The van der Waals surface area contributed by atoms with Crippen LogP contribution < -0.4 is 0 Å². The lowest BCUT2D eigenvalue weighted by molar-refractivity contribution is 0.127. The van der Waals surface area contributed by atoms with Gasteiger partial charge in [0.25, 0.3) is 0 Å². The molecular weight excluding hydrogens is 254 g/mol. The van der Waals surface area contributed by atoms with E-state index in [-0.39, 0.29) is 11.4 Å². The molecule has 5 heteroatoms. The highest BCUT2D eigenvalue weighted by atomic mass is 32.2. The average Bonchev–Trinajstić information content (AvgIpc) is 2.88. The zero-order chi connectivity index (χ0) is 12.3. The summed E-state index contributed by atoms with van der Waals surface area (Å²) in [5.41, 5.74) is 0.982. The van der Waals surface area contributed by atoms with Crippen molar-refractivity contribution in [3.8, 4) is 0 Å². The van der Waals surface area contributed by atoms with E-state index in [9.17, 15) is 4.21 Å². The molecule has 0 radical (unpaired) electrons. The zero-order valence-electron chi connectivity index (χ0n) is 10.3. The number of aryl methyl sites for hydroxylation is 1. The second-order valence-electron chi connectivity index (χ2n) is 4.41. The molecule has 0 spiro atoms. The lowest BCUT2D eigenvalue weighted by Crippen LogP contribution is -2.24. The molecule has 17 heavy (non-hydrogen) atoms. The van der Waals surface area contributed by atoms with Gasteiger partial charge in [-0.1, -0.05) is 6.92 Å². The Labute approximate surface area is 109 Å². The van der Waals surface area contributed by atoms with Crippen LogP contribution in [0, 0.1) is 0 Å². The summed E-state index contributed by atoms with van der Waals surface area (Å²) in [5, 5.41) is 3.39. The molecule has 0 amide bonds. The third kappa shape index (κ3) is 3.36. The minimum absolute atomic E-state index is 0.129. The summed E-state index contributed by atoms with van der Waals surface area (Å²) >= 11 is 1.68. The van der Waals surface area contributed by atoms with Gasteiger partial charge in [-0.2, -0.15) is 0 Å². The van der Waals surface area contributed by atoms with Gasteiger partial charge in [-0.3, -0.25) is 4.21 Å². The van der Waals surface area contributed by atoms with Crippen LogP contribution in [0.1, 0.15) is 37.4 Å². The van der Waals surface area contributed by atoms with Gasteiger partial charge in [0.1, 0.15) is 0 Å². The number of hydrogen-bond donors (Lipinski definition) is 0. The highest BCUT2D eigenvalue weighted by Crippen LogP contribution is 2.22. The van der Waals surface area contributed by atoms with Gasteiger partial charge in [-0.05, 0) is 26.2 Å². The van der Waals surface area contributed by atoms with E-state index in [1.54, 1.807) is 11.3 Å². The topological polar surface area (TPSA) is 39.2 Å². The molecule has 1 saturated heterocycles. The lowest BCUT2D eigenvalue weighted by atomic mass is 10.3. The molecule has 1 fully saturated rings. The normalized spacial score (nSPS) is 26.2. The minimum Gasteiger partial charge on any atom is -0.377 e. The smallest absolute Gasteiger partial charge is 0.0928 e. The predicted molar refractivity (Wildman–Crippen MR) is 71.8 cm³/mol. The summed E-state index contributed by atoms with van der Waals surface area (Å²) in [6.07, 6.45) is 3.19. The lowest BCUT2D eigenvalue weighted by Gasteiger charge is -2.12. The van der Waals surface area contributed by atoms with Crippen LogP contribution in [0.25, 0.3) is 0 Å². The second-order valence-corrected chi connectivity index (χ2v) is 7.01. The third-order valence-electron chi connectivity index (χ3n) is 3.00. The Morgan fingerprint density at radius 2 is 2.47 bits per heavy atom. The van der Waals surface area contributed by atoms with Crippen molar-refractivity contribution in [1.82, 2.24) is 4.98 Å². The summed E-state index contributed by atoms with van der Waals surface area (Å²) in [6, 6.07) is 0. The first kappa shape index (κ1) is 13.2. The number of ether oxygens (including phenoxy) is 1. The number of aromatic nitrogens is 1. The highest BCUT2D eigenvalue weighted by molar-refractivity contribution is 7.84. The van der Waals surface area contributed by atoms with Gasteiger partial charge in [0, 0.05) is 22.8 Å². The molecule has 96 valence electrons. The van der Waals surface area contributed by atoms with Crippen molar-refractivity contribution in [3.63, 3.8) is 0 Å². The average molecular weight is 273 g/mol. The van der Waals surface area contributed by atoms with Crippen molar-refractivity contribution in [3.05, 3.63) is 16.1 Å². The Balaban J connectivity index is 1.93. The maximum absolute atomic E-state index is 12.2. The van der Waals surface area contributed by atoms with Crippen LogP contribution in [-0.4, -0.2) is 27.2 Å². The standard InChI is InChI=1S/C12H19NO2S2/c1-3-4-12-13-10(7-16-12)8-17(14)11-5-6-15-9(11)2/h7,9,11H,3-6,8H2,1-2H3/t9-,11+,17+/m1/s1. The van der Waals surface area contributed by atoms with Gasteiger partial charge < -0.3 is 4.74 Å². The van der Waals surface area contributed by atoms with E-state index in [0.717, 1.165) is 36.6 Å². The van der Waals surface area contributed by atoms with Crippen molar-refractivity contribution < 1.29 is 8.95 Å². The van der Waals surface area contributed by atoms with Crippen LogP contribution in [0.3, 0.4) is 0 Å². The molecule has 1 aliphatic rings. The van der Waals surface area contributed by atoms with Crippen molar-refractivity contribution in [2.45, 2.75) is 50.2 Å². The quantitative estimate of drug-likeness (QED) is 0.827. The first-order valence-electron chi connectivity index (χ1n) is 6.12. The van der Waals surface area contributed by atoms with Crippen LogP contribution in [0.2, 0.25) is 0 Å². The molecular formula is C12H19NO2S2. The summed E-state index contributed by atoms with van der Waals surface area (Å²) < 4.78 is 17.6. The zero-order valence-corrected chi connectivity index (χ0v) is 12.0. The molecule has 0 aliphatic carbocycles. The Morgan fingerprint density at radius 3 is 3.12 bits per heavy atom. The summed E-state index contributed by atoms with van der Waals surface area (Å²) in [7, 11) is -0.848. The van der Waals surface area contributed by atoms with Gasteiger partial charge in [0.15, 0.2) is 0 Å². The van der Waals surface area contributed by atoms with Gasteiger partial charge in [-0.25, -0.2) is 4.98 Å². The van der Waals surface area contributed by atoms with Crippen LogP contribution in [-0.2, 0) is 27.7 Å². The number of rotatable bonds is 5. The van der Waals surface area contributed by atoms with E-state index < -0.39 is 10.8 Å². The van der Waals surface area contributed by atoms with Crippen molar-refractivity contribution in [2.24, 2.45) is 0 Å². The predicted octanol–water partition coefficient (Wildman–Crippen LogP) is 2.52. The summed E-state index contributed by atoms with van der Waals surface area (Å²) in [4.78, 5) is 4.52. The largest absolute Gasteiger partial charge is 0.377 e. The first-order chi connectivity index (χ1) is 8.20. The second kappa shape index (κ2) is 6.07. The van der Waals surface area contributed by atoms with E-state index >= 15 is 0 Å². The van der Waals surface area contributed by atoms with Gasteiger partial charge in [0.2, 0.25) is 0 Å². The van der Waals surface area contributed by atoms with E-state index in [2.05, 4.69) is 11.9 Å². The maximum Gasteiger partial charge on any atom is 0.0928 e. The fourth-order valence-electron chi connectivity index (χ4n) is 2.05. The van der Waals surface area contributed by atoms with Crippen LogP contribution in [0.15, 0.2) is 5.38 Å². The maximum atomic E-state index is 12.2. The van der Waals surface area contributed by atoms with Gasteiger partial charge in [0.05, 0.1) is 27.8 Å². The Bertz CT molecular complexity index is 392. The molecule has 0 aromatic carbocycles. The van der Waals surface area contributed by atoms with Crippen LogP contribution in [0.4, 0.5) is 0 Å². The van der Waals surface area contributed by atoms with E-state index in [1.807, 2.05) is 12.3 Å².